The largest absolute Gasteiger partial charge is 0.462 e. The van der Waals surface area contributed by atoms with Gasteiger partial charge in [-0.3, -0.25) is 4.98 Å². The summed E-state index contributed by atoms with van der Waals surface area (Å²) in [7, 11) is 2.10. The van der Waals surface area contributed by atoms with E-state index in [2.05, 4.69) is 44.3 Å². The summed E-state index contributed by atoms with van der Waals surface area (Å²) in [6, 6.07) is 8.94. The second-order valence-corrected chi connectivity index (χ2v) is 11.2. The second kappa shape index (κ2) is 9.44. The van der Waals surface area contributed by atoms with Gasteiger partial charge in [-0.05, 0) is 62.2 Å². The lowest BCUT2D eigenvalue weighted by molar-refractivity contribution is 0.188. The van der Waals surface area contributed by atoms with E-state index in [1.165, 1.54) is 17.5 Å². The fourth-order valence-corrected chi connectivity index (χ4v) is 6.69. The number of nitriles is 1. The molecule has 0 spiro atoms. The van der Waals surface area contributed by atoms with Crippen LogP contribution in [-0.4, -0.2) is 71.8 Å². The summed E-state index contributed by atoms with van der Waals surface area (Å²) in [5.74, 6) is 1.42. The summed E-state index contributed by atoms with van der Waals surface area (Å²) >= 11 is 0. The van der Waals surface area contributed by atoms with Crippen LogP contribution in [0.3, 0.4) is 0 Å². The average molecular weight is 514 g/mol. The van der Waals surface area contributed by atoms with Gasteiger partial charge in [0.1, 0.15) is 23.6 Å². The average Bonchev–Trinajstić information content (AvgIpc) is 3.40. The molecular formula is C29H32FN7O. The Kier molecular flexibility index (Phi) is 5.90. The van der Waals surface area contributed by atoms with Crippen molar-refractivity contribution in [1.29, 1.82) is 5.26 Å². The molecule has 3 fully saturated rings. The standard InChI is InChI=1S/C29H32FN7O/c1-36-10-3-5-20(36)16-38-29-34-27-23(28(35-29)37-11-9-32-19(15-37)7-8-31)14-33-26(25(27)30)21-6-2-4-17-12-18-13-22(18)24(17)21/h2,4,6,14,18-20,22,32H,3,5,7,9-13,15-16H2,1H3/t18?,19-,20?,22?/m0/s1. The molecule has 8 nitrogen and oxygen atoms in total. The molecule has 9 heteroatoms. The van der Waals surface area contributed by atoms with Gasteiger partial charge in [0.05, 0.1) is 17.9 Å². The maximum atomic E-state index is 16.4. The first-order chi connectivity index (χ1) is 18.6. The molecule has 4 atom stereocenters. The number of aromatic nitrogens is 3. The molecule has 4 heterocycles. The van der Waals surface area contributed by atoms with E-state index in [-0.39, 0.29) is 17.6 Å². The molecule has 0 bridgehead atoms. The summed E-state index contributed by atoms with van der Waals surface area (Å²) in [6.07, 6.45) is 6.59. The summed E-state index contributed by atoms with van der Waals surface area (Å²) < 4.78 is 22.5. The molecule has 4 aliphatic rings. The monoisotopic (exact) mass is 513 g/mol. The molecule has 0 radical (unpaired) electrons. The van der Waals surface area contributed by atoms with Gasteiger partial charge in [0.25, 0.3) is 0 Å². The Hall–Kier alpha value is -3.35. The number of halogens is 1. The van der Waals surface area contributed by atoms with E-state index in [9.17, 15) is 5.26 Å². The van der Waals surface area contributed by atoms with Crippen LogP contribution in [0.2, 0.25) is 0 Å². The predicted molar refractivity (Wildman–Crippen MR) is 143 cm³/mol. The number of rotatable bonds is 6. The third-order valence-electron chi connectivity index (χ3n) is 8.84. The van der Waals surface area contributed by atoms with Crippen LogP contribution in [0.4, 0.5) is 10.2 Å². The van der Waals surface area contributed by atoms with Gasteiger partial charge in [-0.25, -0.2) is 4.39 Å². The lowest BCUT2D eigenvalue weighted by Crippen LogP contribution is -2.51. The van der Waals surface area contributed by atoms with Gasteiger partial charge in [-0.1, -0.05) is 18.2 Å². The Morgan fingerprint density at radius 3 is 3.03 bits per heavy atom. The smallest absolute Gasteiger partial charge is 0.319 e. The van der Waals surface area contributed by atoms with Crippen molar-refractivity contribution in [2.75, 3.05) is 44.7 Å². The zero-order chi connectivity index (χ0) is 25.8. The fraction of sp³-hybridized carbons (Fsp3) is 0.517. The van der Waals surface area contributed by atoms with Crippen LogP contribution in [0.15, 0.2) is 24.4 Å². The van der Waals surface area contributed by atoms with Crippen LogP contribution in [0.1, 0.15) is 42.7 Å². The molecule has 1 saturated carbocycles. The van der Waals surface area contributed by atoms with Gasteiger partial charge >= 0.3 is 6.01 Å². The van der Waals surface area contributed by atoms with Crippen molar-refractivity contribution in [1.82, 2.24) is 25.2 Å². The minimum absolute atomic E-state index is 0.0192. The molecule has 1 N–H and O–H groups in total. The van der Waals surface area contributed by atoms with Crippen molar-refractivity contribution >= 4 is 16.7 Å². The molecule has 3 aromatic rings. The highest BCUT2D eigenvalue weighted by Gasteiger charge is 2.46. The predicted octanol–water partition coefficient (Wildman–Crippen LogP) is 3.66. The third-order valence-corrected chi connectivity index (χ3v) is 8.84. The van der Waals surface area contributed by atoms with Crippen LogP contribution in [0, 0.1) is 23.1 Å². The molecule has 2 aromatic heterocycles. The number of pyridine rings is 1. The Labute approximate surface area is 221 Å². The third kappa shape index (κ3) is 4.07. The highest BCUT2D eigenvalue weighted by Crippen LogP contribution is 2.58. The van der Waals surface area contributed by atoms with E-state index in [1.54, 1.807) is 6.20 Å². The number of benzene rings is 1. The van der Waals surface area contributed by atoms with Gasteiger partial charge in [0, 0.05) is 43.5 Å². The van der Waals surface area contributed by atoms with Crippen molar-refractivity contribution < 1.29 is 9.13 Å². The number of hydrogen-bond acceptors (Lipinski definition) is 8. The van der Waals surface area contributed by atoms with Gasteiger partial charge in [-0.2, -0.15) is 15.2 Å². The maximum Gasteiger partial charge on any atom is 0.319 e. The summed E-state index contributed by atoms with van der Waals surface area (Å²) in [5.41, 5.74) is 4.07. The van der Waals surface area contributed by atoms with Crippen LogP contribution < -0.4 is 15.0 Å². The molecule has 2 saturated heterocycles. The molecular weight excluding hydrogens is 481 g/mol. The molecule has 38 heavy (non-hydrogen) atoms. The molecule has 0 amide bonds. The van der Waals surface area contributed by atoms with Crippen molar-refractivity contribution in [3.8, 4) is 23.3 Å². The molecule has 2 aliphatic heterocycles. The van der Waals surface area contributed by atoms with Gasteiger partial charge in [-0.15, -0.1) is 0 Å². The van der Waals surface area contributed by atoms with Crippen LogP contribution in [0.5, 0.6) is 6.01 Å². The molecule has 196 valence electrons. The number of nitrogens with one attached hydrogen (secondary N) is 1. The van der Waals surface area contributed by atoms with Crippen molar-refractivity contribution in [2.24, 2.45) is 5.92 Å². The van der Waals surface area contributed by atoms with Gasteiger partial charge in [0.2, 0.25) is 0 Å². The number of nitrogens with zero attached hydrogens (tertiary/aromatic N) is 6. The van der Waals surface area contributed by atoms with Crippen LogP contribution in [-0.2, 0) is 6.42 Å². The Morgan fingerprint density at radius 2 is 2.18 bits per heavy atom. The van der Waals surface area contributed by atoms with Crippen molar-refractivity contribution in [3.05, 3.63) is 41.3 Å². The number of anilines is 1. The molecule has 2 aliphatic carbocycles. The van der Waals surface area contributed by atoms with Gasteiger partial charge < -0.3 is 19.9 Å². The van der Waals surface area contributed by atoms with Crippen molar-refractivity contribution in [3.63, 3.8) is 0 Å². The molecule has 7 rings (SSSR count). The van der Waals surface area contributed by atoms with Crippen LogP contribution in [0.25, 0.3) is 22.2 Å². The second-order valence-electron chi connectivity index (χ2n) is 11.2. The number of likely N-dealkylation sites (N-methyl/N-ethyl adjacent to an activating group) is 1. The summed E-state index contributed by atoms with van der Waals surface area (Å²) in [4.78, 5) is 18.5. The van der Waals surface area contributed by atoms with E-state index >= 15 is 4.39 Å². The maximum absolute atomic E-state index is 16.4. The first-order valence-electron chi connectivity index (χ1n) is 13.8. The minimum atomic E-state index is -0.421. The van der Waals surface area contributed by atoms with Crippen LogP contribution >= 0.6 is 0 Å². The van der Waals surface area contributed by atoms with Gasteiger partial charge in [0.15, 0.2) is 5.82 Å². The number of likely N-dealkylation sites (tertiary alicyclic amines) is 1. The SMILES string of the molecule is CN1CCCC1COc1nc(N2CCN[C@@H](CC#N)C2)c2cnc(-c3cccc4c3C3CC3C4)c(F)c2n1. The topological polar surface area (TPSA) is 90.2 Å². The summed E-state index contributed by atoms with van der Waals surface area (Å²) in [6.45, 7) is 3.52. The van der Waals surface area contributed by atoms with E-state index in [0.29, 0.717) is 67.4 Å². The quantitative estimate of drug-likeness (QED) is 0.534. The number of piperazine rings is 1. The molecule has 3 unspecified atom stereocenters. The number of hydrogen-bond donors (Lipinski definition) is 1. The summed E-state index contributed by atoms with van der Waals surface area (Å²) in [5, 5.41) is 13.2. The van der Waals surface area contributed by atoms with E-state index < -0.39 is 5.82 Å². The number of fused-ring (bicyclic) bond motifs is 4. The zero-order valence-electron chi connectivity index (χ0n) is 21.7. The number of ether oxygens (including phenoxy) is 1. The van der Waals surface area contributed by atoms with E-state index in [4.69, 9.17) is 9.72 Å². The first-order valence-corrected chi connectivity index (χ1v) is 13.8. The fourth-order valence-electron chi connectivity index (χ4n) is 6.69. The first kappa shape index (κ1) is 23.7. The lowest BCUT2D eigenvalue weighted by Gasteiger charge is -2.34. The normalized spacial score (nSPS) is 26.3. The zero-order valence-corrected chi connectivity index (χ0v) is 21.7. The minimum Gasteiger partial charge on any atom is -0.462 e. The van der Waals surface area contributed by atoms with Crippen molar-refractivity contribution in [2.45, 2.75) is 50.1 Å². The van der Waals surface area contributed by atoms with E-state index in [0.717, 1.165) is 31.4 Å². The molecule has 1 aromatic carbocycles. The Morgan fingerprint density at radius 1 is 1.26 bits per heavy atom. The highest BCUT2D eigenvalue weighted by molar-refractivity contribution is 5.92. The highest BCUT2D eigenvalue weighted by atomic mass is 19.1. The lowest BCUT2D eigenvalue weighted by atomic mass is 9.96. The Balaban J connectivity index is 1.31. The Bertz CT molecular complexity index is 1440. The van der Waals surface area contributed by atoms with E-state index in [1.807, 2.05) is 12.1 Å².